The van der Waals surface area contributed by atoms with Gasteiger partial charge in [0.25, 0.3) is 0 Å². The smallest absolute Gasteiger partial charge is 0.226 e. The molecule has 1 aliphatic heterocycles. The maximum atomic E-state index is 12.3. The van der Waals surface area contributed by atoms with Gasteiger partial charge in [-0.05, 0) is 105 Å². The lowest BCUT2D eigenvalue weighted by atomic mass is 9.96. The number of nitrogens with one attached hydrogen (secondary N) is 2. The molecular weight excluding hydrogens is 504 g/mol. The van der Waals surface area contributed by atoms with Crippen molar-refractivity contribution in [3.8, 4) is 5.82 Å². The highest BCUT2D eigenvalue weighted by Crippen LogP contribution is 2.44. The Morgan fingerprint density at radius 2 is 1.79 bits per heavy atom. The third-order valence-corrected chi connectivity index (χ3v) is 7.60. The second-order valence-electron chi connectivity index (χ2n) is 10.5. The molecule has 4 aromatic rings. The van der Waals surface area contributed by atoms with E-state index < -0.39 is 0 Å². The highest BCUT2D eigenvalue weighted by atomic mass is 32.1. The van der Waals surface area contributed by atoms with Crippen LogP contribution >= 0.6 is 12.2 Å². The van der Waals surface area contributed by atoms with Crippen LogP contribution in [0.4, 0.5) is 11.4 Å². The average molecular weight is 539 g/mol. The van der Waals surface area contributed by atoms with Gasteiger partial charge in [0.2, 0.25) is 5.91 Å². The van der Waals surface area contributed by atoms with Crippen molar-refractivity contribution in [2.75, 3.05) is 10.2 Å². The van der Waals surface area contributed by atoms with Gasteiger partial charge in [-0.15, -0.1) is 0 Å². The van der Waals surface area contributed by atoms with Gasteiger partial charge in [0.15, 0.2) is 5.11 Å². The van der Waals surface area contributed by atoms with Crippen molar-refractivity contribution in [1.82, 2.24) is 19.9 Å². The van der Waals surface area contributed by atoms with Gasteiger partial charge >= 0.3 is 0 Å². The van der Waals surface area contributed by atoms with Crippen LogP contribution in [0.3, 0.4) is 0 Å². The van der Waals surface area contributed by atoms with Crippen LogP contribution in [0.15, 0.2) is 67.0 Å². The molecule has 1 aromatic carbocycles. The normalized spacial score (nSPS) is 17.0. The molecule has 1 saturated heterocycles. The number of carbonyl (C=O) groups is 1. The lowest BCUT2D eigenvalue weighted by Crippen LogP contribution is -2.29. The largest absolute Gasteiger partial charge is 0.351 e. The standard InChI is InChI=1S/C31H34N6OS/c1-18(2)30(38)34-25-11-10-23(16-20(25)4)37-29(28(35-31(37)39)26-9-7-8-13-32-26)24-17-21(5)36(22(24)6)27-15-19(3)12-14-33-27/h7-18,28-29H,1-6H3,(H,34,38)(H,35,39)/t28-,29-/m1/s1. The highest BCUT2D eigenvalue weighted by Gasteiger charge is 2.42. The number of amides is 1. The van der Waals surface area contributed by atoms with Crippen molar-refractivity contribution in [1.29, 1.82) is 0 Å². The van der Waals surface area contributed by atoms with E-state index in [4.69, 9.17) is 17.2 Å². The van der Waals surface area contributed by atoms with Crippen molar-refractivity contribution >= 4 is 34.6 Å². The maximum Gasteiger partial charge on any atom is 0.226 e. The molecule has 3 aromatic heterocycles. The first-order valence-corrected chi connectivity index (χ1v) is 13.6. The van der Waals surface area contributed by atoms with E-state index in [1.165, 1.54) is 0 Å². The van der Waals surface area contributed by atoms with E-state index in [0.29, 0.717) is 5.11 Å². The number of thiocarbonyl (C=S) groups is 1. The Labute approximate surface area is 235 Å². The molecule has 2 N–H and O–H groups in total. The fourth-order valence-corrected chi connectivity index (χ4v) is 5.59. The van der Waals surface area contributed by atoms with Crippen molar-refractivity contribution in [2.45, 2.75) is 53.6 Å². The Morgan fingerprint density at radius 1 is 1.00 bits per heavy atom. The summed E-state index contributed by atoms with van der Waals surface area (Å²) in [6.07, 6.45) is 3.66. The maximum absolute atomic E-state index is 12.3. The van der Waals surface area contributed by atoms with E-state index in [0.717, 1.165) is 51.0 Å². The Bertz CT molecular complexity index is 1540. The van der Waals surface area contributed by atoms with Crippen molar-refractivity contribution in [3.63, 3.8) is 0 Å². The summed E-state index contributed by atoms with van der Waals surface area (Å²) in [5.41, 5.74) is 8.15. The zero-order chi connectivity index (χ0) is 27.8. The molecule has 200 valence electrons. The second-order valence-corrected chi connectivity index (χ2v) is 10.9. The van der Waals surface area contributed by atoms with Gasteiger partial charge in [0.1, 0.15) is 5.82 Å². The number of hydrogen-bond acceptors (Lipinski definition) is 4. The molecule has 0 saturated carbocycles. The number of rotatable bonds is 6. The quantitative estimate of drug-likeness (QED) is 0.282. The molecule has 5 rings (SSSR count). The monoisotopic (exact) mass is 538 g/mol. The predicted octanol–water partition coefficient (Wildman–Crippen LogP) is 6.27. The summed E-state index contributed by atoms with van der Waals surface area (Å²) in [4.78, 5) is 23.9. The Morgan fingerprint density at radius 3 is 2.46 bits per heavy atom. The molecule has 7 nitrogen and oxygen atoms in total. The molecule has 4 heterocycles. The van der Waals surface area contributed by atoms with Crippen LogP contribution in [0.1, 0.15) is 59.7 Å². The molecule has 1 aliphatic rings. The third-order valence-electron chi connectivity index (χ3n) is 7.29. The first-order chi connectivity index (χ1) is 18.7. The molecular formula is C31H34N6OS. The number of pyridine rings is 2. The van der Waals surface area contributed by atoms with Crippen LogP contribution < -0.4 is 15.5 Å². The highest BCUT2D eigenvalue weighted by molar-refractivity contribution is 7.80. The molecule has 0 aliphatic carbocycles. The number of carbonyl (C=O) groups excluding carboxylic acids is 1. The first kappa shape index (κ1) is 26.6. The van der Waals surface area contributed by atoms with Crippen molar-refractivity contribution in [2.24, 2.45) is 5.92 Å². The van der Waals surface area contributed by atoms with Gasteiger partial charge in [-0.3, -0.25) is 9.78 Å². The summed E-state index contributed by atoms with van der Waals surface area (Å²) < 4.78 is 2.20. The van der Waals surface area contributed by atoms with Crippen LogP contribution in [0.5, 0.6) is 0 Å². The fraction of sp³-hybridized carbons (Fsp3) is 0.290. The Hall–Kier alpha value is -4.04. The number of anilines is 2. The van der Waals surface area contributed by atoms with Gasteiger partial charge in [0.05, 0.1) is 17.8 Å². The van der Waals surface area contributed by atoms with Crippen LogP contribution in [-0.2, 0) is 4.79 Å². The Kier molecular flexibility index (Phi) is 7.23. The third kappa shape index (κ3) is 5.04. The average Bonchev–Trinajstić information content (AvgIpc) is 3.40. The van der Waals surface area contributed by atoms with E-state index in [2.05, 4.69) is 64.1 Å². The van der Waals surface area contributed by atoms with Gasteiger partial charge < -0.3 is 20.1 Å². The molecule has 0 spiro atoms. The fourth-order valence-electron chi connectivity index (χ4n) is 5.25. The minimum Gasteiger partial charge on any atom is -0.351 e. The Balaban J connectivity index is 1.62. The molecule has 8 heteroatoms. The summed E-state index contributed by atoms with van der Waals surface area (Å²) in [7, 11) is 0. The zero-order valence-electron chi connectivity index (χ0n) is 23.2. The van der Waals surface area contributed by atoms with Crippen LogP contribution in [0.2, 0.25) is 0 Å². The summed E-state index contributed by atoms with van der Waals surface area (Å²) in [5.74, 6) is 0.794. The number of benzene rings is 1. The number of aryl methyl sites for hydroxylation is 3. The number of aromatic nitrogens is 3. The van der Waals surface area contributed by atoms with Gasteiger partial charge in [0, 0.05) is 41.1 Å². The van der Waals surface area contributed by atoms with Gasteiger partial charge in [-0.1, -0.05) is 19.9 Å². The minimum atomic E-state index is -0.154. The molecule has 0 unspecified atom stereocenters. The molecule has 1 fully saturated rings. The molecule has 1 amide bonds. The molecule has 0 radical (unpaired) electrons. The van der Waals surface area contributed by atoms with Crippen molar-refractivity contribution in [3.05, 3.63) is 101 Å². The lowest BCUT2D eigenvalue weighted by Gasteiger charge is -2.29. The summed E-state index contributed by atoms with van der Waals surface area (Å²) in [6.45, 7) is 12.1. The van der Waals surface area contributed by atoms with E-state index >= 15 is 0 Å². The predicted molar refractivity (Wildman–Crippen MR) is 160 cm³/mol. The lowest BCUT2D eigenvalue weighted by molar-refractivity contribution is -0.118. The number of hydrogen-bond donors (Lipinski definition) is 2. The van der Waals surface area contributed by atoms with Crippen molar-refractivity contribution < 1.29 is 4.79 Å². The van der Waals surface area contributed by atoms with Crippen LogP contribution in [-0.4, -0.2) is 25.6 Å². The van der Waals surface area contributed by atoms with Gasteiger partial charge in [-0.2, -0.15) is 0 Å². The van der Waals surface area contributed by atoms with E-state index in [9.17, 15) is 4.79 Å². The summed E-state index contributed by atoms with van der Waals surface area (Å²) in [6, 6.07) is 18.1. The van der Waals surface area contributed by atoms with Crippen LogP contribution in [0.25, 0.3) is 5.82 Å². The van der Waals surface area contributed by atoms with E-state index in [-0.39, 0.29) is 23.9 Å². The SMILES string of the molecule is Cc1ccnc(-n2c(C)cc([C@@H]3[C@@H](c4ccccn4)NC(=S)N3c3ccc(NC(=O)C(C)C)c(C)c3)c2C)c1. The van der Waals surface area contributed by atoms with E-state index in [1.807, 2.05) is 69.6 Å². The summed E-state index contributed by atoms with van der Waals surface area (Å²) >= 11 is 5.95. The topological polar surface area (TPSA) is 75.1 Å². The zero-order valence-corrected chi connectivity index (χ0v) is 24.0. The van der Waals surface area contributed by atoms with Crippen LogP contribution in [0, 0.1) is 33.6 Å². The minimum absolute atomic E-state index is 0.00509. The molecule has 0 bridgehead atoms. The first-order valence-electron chi connectivity index (χ1n) is 13.2. The molecule has 39 heavy (non-hydrogen) atoms. The number of nitrogens with zero attached hydrogens (tertiary/aromatic N) is 4. The van der Waals surface area contributed by atoms with E-state index in [1.54, 1.807) is 0 Å². The second kappa shape index (κ2) is 10.6. The molecule has 2 atom stereocenters. The summed E-state index contributed by atoms with van der Waals surface area (Å²) in [5, 5.41) is 7.22. The van der Waals surface area contributed by atoms with Gasteiger partial charge in [-0.25, -0.2) is 4.98 Å².